The summed E-state index contributed by atoms with van der Waals surface area (Å²) in [6.07, 6.45) is 0. The summed E-state index contributed by atoms with van der Waals surface area (Å²) in [7, 11) is -4.64. The third-order valence-electron chi connectivity index (χ3n) is 0. The molecule has 0 aliphatic rings. The fourth-order valence-corrected chi connectivity index (χ4v) is 0. The van der Waals surface area contributed by atoms with Gasteiger partial charge in [-0.05, 0) is 0 Å². The van der Waals surface area contributed by atoms with Crippen molar-refractivity contribution >= 4 is 7.82 Å². The molecule has 0 radical (unpaired) electrons. The molecule has 3 N–H and O–H groups in total. The van der Waals surface area contributed by atoms with E-state index in [1.807, 2.05) is 0 Å². The van der Waals surface area contributed by atoms with Crippen LogP contribution >= 0.6 is 7.82 Å². The van der Waals surface area contributed by atoms with Gasteiger partial charge in [0.25, 0.3) is 0 Å². The van der Waals surface area contributed by atoms with E-state index in [0.29, 0.717) is 0 Å². The Labute approximate surface area is 83.9 Å². The average molecular weight is 173 g/mol. The van der Waals surface area contributed by atoms with Gasteiger partial charge in [-0.25, -0.2) is 4.57 Å². The summed E-state index contributed by atoms with van der Waals surface area (Å²) in [5.41, 5.74) is 0. The molecular formula is H5Li2NiO4P. The van der Waals surface area contributed by atoms with Crippen molar-refractivity contribution in [3.63, 3.8) is 0 Å². The smallest absolute Gasteiger partial charge is 1.00 e. The predicted molar refractivity (Wildman–Crippen MR) is 16.5 cm³/mol. The second-order valence-corrected chi connectivity index (χ2v) is 1.54. The summed E-state index contributed by atoms with van der Waals surface area (Å²) in [5, 5.41) is 0. The van der Waals surface area contributed by atoms with Crippen molar-refractivity contribution in [3.8, 4) is 0 Å². The molecule has 0 bridgehead atoms. The maximum absolute atomic E-state index is 8.88. The van der Waals surface area contributed by atoms with E-state index in [4.69, 9.17) is 19.2 Å². The minimum atomic E-state index is -4.64. The molecule has 8 heavy (non-hydrogen) atoms. The van der Waals surface area contributed by atoms with Crippen molar-refractivity contribution in [3.05, 3.63) is 0 Å². The van der Waals surface area contributed by atoms with Gasteiger partial charge < -0.3 is 17.5 Å². The summed E-state index contributed by atoms with van der Waals surface area (Å²) >= 11 is 0. The summed E-state index contributed by atoms with van der Waals surface area (Å²) in [6, 6.07) is 0. The largest absolute Gasteiger partial charge is 1.00 e. The molecule has 0 aromatic heterocycles. The fourth-order valence-electron chi connectivity index (χ4n) is 0. The van der Waals surface area contributed by atoms with Gasteiger partial charge in [0, 0.05) is 16.5 Å². The molecule has 0 amide bonds. The Balaban J connectivity index is -0.00000000800. The first-order valence-electron chi connectivity index (χ1n) is 0.783. The summed E-state index contributed by atoms with van der Waals surface area (Å²) in [4.78, 5) is 21.6. The van der Waals surface area contributed by atoms with Crippen LogP contribution in [-0.4, -0.2) is 14.7 Å². The van der Waals surface area contributed by atoms with Crippen LogP contribution in [0.3, 0.4) is 0 Å². The molecule has 0 aromatic carbocycles. The molecule has 0 saturated heterocycles. The molecule has 0 rings (SSSR count). The third-order valence-corrected chi connectivity index (χ3v) is 0. The van der Waals surface area contributed by atoms with Crippen LogP contribution in [0, 0.1) is 0 Å². The van der Waals surface area contributed by atoms with E-state index in [0.717, 1.165) is 0 Å². The Morgan fingerprint density at radius 3 is 1.12 bits per heavy atom. The van der Waals surface area contributed by atoms with Crippen LogP contribution in [0.1, 0.15) is 2.85 Å². The number of rotatable bonds is 0. The van der Waals surface area contributed by atoms with E-state index in [-0.39, 0.29) is 57.1 Å². The Morgan fingerprint density at radius 1 is 1.12 bits per heavy atom. The van der Waals surface area contributed by atoms with Crippen LogP contribution in [0.25, 0.3) is 0 Å². The van der Waals surface area contributed by atoms with E-state index in [2.05, 4.69) is 0 Å². The van der Waals surface area contributed by atoms with Gasteiger partial charge in [-0.1, -0.05) is 0 Å². The second-order valence-electron chi connectivity index (χ2n) is 0.513. The number of hydrogen-bond acceptors (Lipinski definition) is 1. The van der Waals surface area contributed by atoms with Crippen molar-refractivity contribution < 1.29 is 76.3 Å². The van der Waals surface area contributed by atoms with Crippen LogP contribution in [0.2, 0.25) is 0 Å². The molecule has 46 valence electrons. The van der Waals surface area contributed by atoms with Crippen molar-refractivity contribution in [2.75, 3.05) is 0 Å². The molecule has 8 heteroatoms. The molecular weight excluding hydrogens is 168 g/mol. The molecule has 0 aliphatic heterocycles. The maximum atomic E-state index is 8.88. The van der Waals surface area contributed by atoms with E-state index in [1.165, 1.54) is 0 Å². The monoisotopic (exact) mass is 172 g/mol. The van der Waals surface area contributed by atoms with Gasteiger partial charge in [-0.15, -0.1) is 0 Å². The van der Waals surface area contributed by atoms with Crippen molar-refractivity contribution in [1.29, 1.82) is 0 Å². The first-order chi connectivity index (χ1) is 2.00. The molecule has 0 unspecified atom stereocenters. The van der Waals surface area contributed by atoms with Gasteiger partial charge in [0.05, 0.1) is 0 Å². The summed E-state index contributed by atoms with van der Waals surface area (Å²) in [6.45, 7) is 0. The van der Waals surface area contributed by atoms with Gasteiger partial charge in [-0.3, -0.25) is 0 Å². The van der Waals surface area contributed by atoms with E-state index in [1.54, 1.807) is 0 Å². The molecule has 0 saturated carbocycles. The topological polar surface area (TPSA) is 77.8 Å². The zero-order chi connectivity index (χ0) is 4.50. The molecule has 0 aromatic rings. The summed E-state index contributed by atoms with van der Waals surface area (Å²) < 4.78 is 8.88. The minimum absolute atomic E-state index is 0. The third kappa shape index (κ3) is 111. The molecule has 0 atom stereocenters. The van der Waals surface area contributed by atoms with Crippen LogP contribution in [0.4, 0.5) is 0 Å². The second kappa shape index (κ2) is 8.80. The standard InChI is InChI=1S/2Li.Ni.H3O4P.2H/c;;;1-5(2,3)4;;/h;;;(H3,1,2,3,4);;/q2*+1;;;2*-1. The Hall–Kier alpha value is 1.80. The summed E-state index contributed by atoms with van der Waals surface area (Å²) in [5.74, 6) is 0. The van der Waals surface area contributed by atoms with Gasteiger partial charge in [0.15, 0.2) is 0 Å². The van der Waals surface area contributed by atoms with Gasteiger partial charge >= 0.3 is 45.5 Å². The zero-order valence-electron chi connectivity index (χ0n) is 6.51. The predicted octanol–water partition coefficient (Wildman–Crippen LogP) is -6.70. The quantitative estimate of drug-likeness (QED) is 0.251. The fraction of sp³-hybridized carbons (Fsp3) is 0. The van der Waals surface area contributed by atoms with Crippen LogP contribution in [-0.2, 0) is 21.1 Å². The molecule has 0 heterocycles. The Morgan fingerprint density at radius 2 is 1.12 bits per heavy atom. The molecule has 0 spiro atoms. The van der Waals surface area contributed by atoms with Crippen molar-refractivity contribution in [1.82, 2.24) is 0 Å². The van der Waals surface area contributed by atoms with Gasteiger partial charge in [0.1, 0.15) is 0 Å². The van der Waals surface area contributed by atoms with Gasteiger partial charge in [-0.2, -0.15) is 0 Å². The number of phosphoric acid groups is 1. The Kier molecular flexibility index (Phi) is 24.8. The molecule has 0 fully saturated rings. The normalized spacial score (nSPS) is 7.38. The van der Waals surface area contributed by atoms with Crippen molar-refractivity contribution in [2.45, 2.75) is 0 Å². The van der Waals surface area contributed by atoms with Crippen molar-refractivity contribution in [2.24, 2.45) is 0 Å². The van der Waals surface area contributed by atoms with E-state index >= 15 is 0 Å². The van der Waals surface area contributed by atoms with Gasteiger partial charge in [0.2, 0.25) is 0 Å². The Bertz CT molecular complexity index is 67.4. The van der Waals surface area contributed by atoms with Crippen LogP contribution in [0.15, 0.2) is 0 Å². The average Bonchev–Trinajstić information content (AvgIpc) is 0.722. The van der Waals surface area contributed by atoms with E-state index < -0.39 is 7.82 Å². The minimum Gasteiger partial charge on any atom is -1.00 e. The molecule has 0 aliphatic carbocycles. The first-order valence-corrected chi connectivity index (χ1v) is 2.35. The maximum Gasteiger partial charge on any atom is 1.00 e. The SMILES string of the molecule is O=P(O)(O)O.[H-].[H-].[Li+].[Li+].[Ni]. The van der Waals surface area contributed by atoms with Crippen LogP contribution < -0.4 is 37.7 Å². The zero-order valence-corrected chi connectivity index (χ0v) is 6.40. The van der Waals surface area contributed by atoms with Crippen LogP contribution in [0.5, 0.6) is 0 Å². The number of hydrogen-bond donors (Lipinski definition) is 3. The first kappa shape index (κ1) is 22.6. The molecule has 4 nitrogen and oxygen atoms in total. The van der Waals surface area contributed by atoms with E-state index in [9.17, 15) is 0 Å².